The zero-order valence-corrected chi connectivity index (χ0v) is 7.13. The van der Waals surface area contributed by atoms with Crippen molar-refractivity contribution in [2.45, 2.75) is 20.3 Å². The van der Waals surface area contributed by atoms with Gasteiger partial charge in [-0.25, -0.2) is 0 Å². The lowest BCUT2D eigenvalue weighted by atomic mass is 10.1. The topological polar surface area (TPSA) is 13.1 Å². The fourth-order valence-corrected chi connectivity index (χ4v) is 0.998. The third kappa shape index (κ3) is 2.26. The summed E-state index contributed by atoms with van der Waals surface area (Å²) >= 11 is 0. The molecule has 0 saturated heterocycles. The number of rotatable bonds is 3. The summed E-state index contributed by atoms with van der Waals surface area (Å²) in [5.74, 6) is 1.55. The molecule has 1 unspecified atom stereocenters. The standard InChI is InChI=1S/C10H14O/c1-4-8(2)5-10-6-9(3)7-11-10/h4,6-8H,1,5H2,2-3H3. The molecular formula is C10H14O. The van der Waals surface area contributed by atoms with Crippen LogP contribution in [0.1, 0.15) is 18.2 Å². The van der Waals surface area contributed by atoms with Crippen LogP contribution in [0.15, 0.2) is 29.4 Å². The predicted molar refractivity (Wildman–Crippen MR) is 46.5 cm³/mol. The molecule has 1 heterocycles. The quantitative estimate of drug-likeness (QED) is 0.604. The van der Waals surface area contributed by atoms with Crippen molar-refractivity contribution in [3.63, 3.8) is 0 Å². The Hall–Kier alpha value is -0.980. The molecule has 0 bridgehead atoms. The lowest BCUT2D eigenvalue weighted by Crippen LogP contribution is -1.92. The van der Waals surface area contributed by atoms with E-state index in [-0.39, 0.29) is 0 Å². The SMILES string of the molecule is C=CC(C)Cc1cc(C)co1. The fourth-order valence-electron chi connectivity index (χ4n) is 0.998. The van der Waals surface area contributed by atoms with Crippen molar-refractivity contribution in [2.75, 3.05) is 0 Å². The molecular weight excluding hydrogens is 136 g/mol. The van der Waals surface area contributed by atoms with E-state index in [0.29, 0.717) is 5.92 Å². The first kappa shape index (κ1) is 8.12. The Labute approximate surface area is 67.7 Å². The first-order valence-electron chi connectivity index (χ1n) is 3.89. The van der Waals surface area contributed by atoms with Crippen LogP contribution in [0.4, 0.5) is 0 Å². The second-order valence-corrected chi connectivity index (χ2v) is 3.01. The Balaban J connectivity index is 2.57. The molecule has 1 atom stereocenters. The van der Waals surface area contributed by atoms with E-state index in [1.54, 1.807) is 6.26 Å². The van der Waals surface area contributed by atoms with Crippen molar-refractivity contribution in [2.24, 2.45) is 5.92 Å². The summed E-state index contributed by atoms with van der Waals surface area (Å²) in [5.41, 5.74) is 1.19. The summed E-state index contributed by atoms with van der Waals surface area (Å²) < 4.78 is 5.29. The van der Waals surface area contributed by atoms with E-state index in [4.69, 9.17) is 4.42 Å². The molecule has 0 aromatic carbocycles. The van der Waals surface area contributed by atoms with E-state index < -0.39 is 0 Å². The monoisotopic (exact) mass is 150 g/mol. The van der Waals surface area contributed by atoms with E-state index >= 15 is 0 Å². The third-order valence-electron chi connectivity index (χ3n) is 1.71. The van der Waals surface area contributed by atoms with Gasteiger partial charge in [0.15, 0.2) is 0 Å². The largest absolute Gasteiger partial charge is 0.469 e. The highest BCUT2D eigenvalue weighted by atomic mass is 16.3. The zero-order valence-electron chi connectivity index (χ0n) is 7.13. The summed E-state index contributed by atoms with van der Waals surface area (Å²) in [4.78, 5) is 0. The Morgan fingerprint density at radius 2 is 2.45 bits per heavy atom. The maximum atomic E-state index is 5.29. The van der Waals surface area contributed by atoms with Gasteiger partial charge in [-0.15, -0.1) is 6.58 Å². The lowest BCUT2D eigenvalue weighted by molar-refractivity contribution is 0.485. The van der Waals surface area contributed by atoms with Gasteiger partial charge in [-0.05, 0) is 24.5 Å². The maximum absolute atomic E-state index is 5.29. The second-order valence-electron chi connectivity index (χ2n) is 3.01. The van der Waals surface area contributed by atoms with Gasteiger partial charge in [0.05, 0.1) is 6.26 Å². The van der Waals surface area contributed by atoms with Crippen LogP contribution >= 0.6 is 0 Å². The van der Waals surface area contributed by atoms with E-state index in [1.807, 2.05) is 13.0 Å². The van der Waals surface area contributed by atoms with Gasteiger partial charge >= 0.3 is 0 Å². The summed E-state index contributed by atoms with van der Waals surface area (Å²) in [6.07, 6.45) is 4.68. The van der Waals surface area contributed by atoms with Crippen LogP contribution in [0, 0.1) is 12.8 Å². The van der Waals surface area contributed by atoms with Crippen molar-refractivity contribution in [1.29, 1.82) is 0 Å². The molecule has 0 saturated carbocycles. The molecule has 0 amide bonds. The third-order valence-corrected chi connectivity index (χ3v) is 1.71. The minimum absolute atomic E-state index is 0.501. The average molecular weight is 150 g/mol. The van der Waals surface area contributed by atoms with Gasteiger partial charge < -0.3 is 4.42 Å². The number of aryl methyl sites for hydroxylation is 1. The fraction of sp³-hybridized carbons (Fsp3) is 0.400. The van der Waals surface area contributed by atoms with Gasteiger partial charge in [-0.1, -0.05) is 13.0 Å². The molecule has 0 spiro atoms. The molecule has 0 aliphatic rings. The van der Waals surface area contributed by atoms with Crippen LogP contribution < -0.4 is 0 Å². The molecule has 0 N–H and O–H groups in total. The Morgan fingerprint density at radius 1 is 1.73 bits per heavy atom. The highest BCUT2D eigenvalue weighted by molar-refractivity contribution is 5.11. The summed E-state index contributed by atoms with van der Waals surface area (Å²) in [7, 11) is 0. The molecule has 11 heavy (non-hydrogen) atoms. The molecule has 0 radical (unpaired) electrons. The van der Waals surface area contributed by atoms with Crippen molar-refractivity contribution >= 4 is 0 Å². The number of allylic oxidation sites excluding steroid dienone is 1. The van der Waals surface area contributed by atoms with E-state index in [9.17, 15) is 0 Å². The normalized spacial score (nSPS) is 12.9. The maximum Gasteiger partial charge on any atom is 0.104 e. The van der Waals surface area contributed by atoms with Gasteiger partial charge in [0.2, 0.25) is 0 Å². The van der Waals surface area contributed by atoms with E-state index in [0.717, 1.165) is 12.2 Å². The Kier molecular flexibility index (Phi) is 2.53. The van der Waals surface area contributed by atoms with Gasteiger partial charge in [-0.2, -0.15) is 0 Å². The predicted octanol–water partition coefficient (Wildman–Crippen LogP) is 2.95. The van der Waals surface area contributed by atoms with E-state index in [1.165, 1.54) is 5.56 Å². The van der Waals surface area contributed by atoms with Crippen LogP contribution in [0.25, 0.3) is 0 Å². The molecule has 0 aliphatic carbocycles. The molecule has 1 aromatic heterocycles. The smallest absolute Gasteiger partial charge is 0.104 e. The summed E-state index contributed by atoms with van der Waals surface area (Å²) in [5, 5.41) is 0. The van der Waals surface area contributed by atoms with Crippen LogP contribution in [0.2, 0.25) is 0 Å². The van der Waals surface area contributed by atoms with Gasteiger partial charge in [0.1, 0.15) is 5.76 Å². The van der Waals surface area contributed by atoms with Gasteiger partial charge in [-0.3, -0.25) is 0 Å². The number of hydrogen-bond donors (Lipinski definition) is 0. The molecule has 1 nitrogen and oxygen atoms in total. The van der Waals surface area contributed by atoms with Crippen LogP contribution in [-0.2, 0) is 6.42 Å². The minimum atomic E-state index is 0.501. The van der Waals surface area contributed by atoms with Crippen molar-refractivity contribution in [3.05, 3.63) is 36.3 Å². The van der Waals surface area contributed by atoms with Gasteiger partial charge in [0.25, 0.3) is 0 Å². The van der Waals surface area contributed by atoms with Crippen molar-refractivity contribution in [3.8, 4) is 0 Å². The zero-order chi connectivity index (χ0) is 8.27. The average Bonchev–Trinajstić information content (AvgIpc) is 2.35. The van der Waals surface area contributed by atoms with Gasteiger partial charge in [0, 0.05) is 6.42 Å². The molecule has 60 valence electrons. The van der Waals surface area contributed by atoms with Crippen LogP contribution in [-0.4, -0.2) is 0 Å². The summed E-state index contributed by atoms with van der Waals surface area (Å²) in [6, 6.07) is 2.07. The highest BCUT2D eigenvalue weighted by Crippen LogP contribution is 2.12. The second kappa shape index (κ2) is 3.42. The van der Waals surface area contributed by atoms with Crippen LogP contribution in [0.5, 0.6) is 0 Å². The Morgan fingerprint density at radius 3 is 2.91 bits per heavy atom. The first-order valence-corrected chi connectivity index (χ1v) is 3.89. The molecule has 1 aromatic rings. The van der Waals surface area contributed by atoms with E-state index in [2.05, 4.69) is 19.6 Å². The van der Waals surface area contributed by atoms with Crippen molar-refractivity contribution < 1.29 is 4.42 Å². The summed E-state index contributed by atoms with van der Waals surface area (Å²) in [6.45, 7) is 7.89. The lowest BCUT2D eigenvalue weighted by Gasteiger charge is -2.00. The van der Waals surface area contributed by atoms with Crippen LogP contribution in [0.3, 0.4) is 0 Å². The Bertz CT molecular complexity index is 235. The number of hydrogen-bond acceptors (Lipinski definition) is 1. The molecule has 0 aliphatic heterocycles. The molecule has 0 fully saturated rings. The first-order chi connectivity index (χ1) is 5.22. The number of furan rings is 1. The molecule has 1 rings (SSSR count). The molecule has 1 heteroatoms. The minimum Gasteiger partial charge on any atom is -0.469 e. The van der Waals surface area contributed by atoms with Crippen molar-refractivity contribution in [1.82, 2.24) is 0 Å². The highest BCUT2D eigenvalue weighted by Gasteiger charge is 2.01.